The summed E-state index contributed by atoms with van der Waals surface area (Å²) < 4.78 is 4.60. The highest BCUT2D eigenvalue weighted by molar-refractivity contribution is 4.73. The highest BCUT2D eigenvalue weighted by atomic mass is 16.5. The van der Waals surface area contributed by atoms with Crippen molar-refractivity contribution in [1.82, 2.24) is 0 Å². The zero-order valence-electron chi connectivity index (χ0n) is 3.82. The molecule has 0 saturated heterocycles. The first-order valence-corrected chi connectivity index (χ1v) is 1.80. The van der Waals surface area contributed by atoms with Crippen LogP contribution < -0.4 is 0 Å². The Morgan fingerprint density at radius 3 is 2.67 bits per heavy atom. The van der Waals surface area contributed by atoms with Gasteiger partial charge in [-0.2, -0.15) is 0 Å². The van der Waals surface area contributed by atoms with Crippen LogP contribution in [0.1, 0.15) is 6.42 Å². The summed E-state index contributed by atoms with van der Waals surface area (Å²) in [5, 5.41) is 0. The quantitative estimate of drug-likeness (QED) is 0.351. The van der Waals surface area contributed by atoms with Gasteiger partial charge >= 0.3 is 0 Å². The molecule has 0 aliphatic carbocycles. The maximum absolute atomic E-state index is 6.38. The van der Waals surface area contributed by atoms with E-state index in [1.807, 2.05) is 0 Å². The van der Waals surface area contributed by atoms with Gasteiger partial charge in [-0.3, -0.25) is 0 Å². The van der Waals surface area contributed by atoms with Gasteiger partial charge in [-0.25, -0.2) is 0 Å². The average Bonchev–Trinajstić information content (AvgIpc) is 1.61. The summed E-state index contributed by atoms with van der Waals surface area (Å²) in [6.45, 7) is 0.615. The molecular weight excluding hydrogens is 76.1 g/mol. The van der Waals surface area contributed by atoms with Crippen molar-refractivity contribution in [3.63, 3.8) is 0 Å². The first-order chi connectivity index (χ1) is 2.91. The van der Waals surface area contributed by atoms with E-state index in [1.165, 1.54) is 0 Å². The minimum Gasteiger partial charge on any atom is -0.384 e. The third-order valence-electron chi connectivity index (χ3n) is 0.431. The molecule has 0 aliphatic rings. The van der Waals surface area contributed by atoms with Crippen LogP contribution >= 0.6 is 0 Å². The van der Waals surface area contributed by atoms with Gasteiger partial charge in [0, 0.05) is 13.5 Å². The van der Waals surface area contributed by atoms with Crippen LogP contribution in [0, 0.1) is 12.3 Å². The molecule has 0 aromatic carbocycles. The first-order valence-electron chi connectivity index (χ1n) is 1.80. The lowest BCUT2D eigenvalue weighted by Crippen LogP contribution is -1.82. The van der Waals surface area contributed by atoms with Crippen molar-refractivity contribution < 1.29 is 4.74 Å². The second-order valence-electron chi connectivity index (χ2n) is 0.920. The van der Waals surface area contributed by atoms with Crippen LogP contribution in [0.4, 0.5) is 0 Å². The zero-order chi connectivity index (χ0) is 4.83. The van der Waals surface area contributed by atoms with Crippen molar-refractivity contribution in [3.05, 3.63) is 6.42 Å². The molecule has 0 fully saturated rings. The van der Waals surface area contributed by atoms with Crippen LogP contribution in [0.5, 0.6) is 0 Å². The lowest BCUT2D eigenvalue weighted by molar-refractivity contribution is 0.206. The minimum atomic E-state index is 0.608. The molecule has 0 unspecified atom stereocenters. The minimum absolute atomic E-state index is 0.608. The topological polar surface area (TPSA) is 9.23 Å². The van der Waals surface area contributed by atoms with Crippen LogP contribution in [0.15, 0.2) is 0 Å². The highest BCUT2D eigenvalue weighted by Gasteiger charge is 1.70. The number of rotatable bonds is 2. The van der Waals surface area contributed by atoms with E-state index in [9.17, 15) is 0 Å². The molecule has 0 amide bonds. The van der Waals surface area contributed by atoms with E-state index < -0.39 is 0 Å². The van der Waals surface area contributed by atoms with Crippen LogP contribution in [-0.4, -0.2) is 13.7 Å². The first kappa shape index (κ1) is 5.52. The van der Waals surface area contributed by atoms with Crippen LogP contribution in [-0.2, 0) is 4.74 Å². The zero-order valence-corrected chi connectivity index (χ0v) is 3.82. The number of methoxy groups -OCH3 is 1. The molecule has 0 atom stereocenters. The lowest BCUT2D eigenvalue weighted by Gasteiger charge is -1.84. The van der Waals surface area contributed by atoms with Crippen molar-refractivity contribution in [2.45, 2.75) is 6.42 Å². The van der Waals surface area contributed by atoms with E-state index in [2.05, 4.69) is 10.7 Å². The second-order valence-corrected chi connectivity index (χ2v) is 0.920. The Balaban J connectivity index is 2.54. The van der Waals surface area contributed by atoms with Crippen LogP contribution in [0.3, 0.4) is 0 Å². The molecule has 0 rings (SSSR count). The molecule has 0 aromatic rings. The Hall–Kier alpha value is -0.480. The molecule has 0 aliphatic heterocycles. The Morgan fingerprint density at radius 1 is 1.83 bits per heavy atom. The van der Waals surface area contributed by atoms with Gasteiger partial charge in [0.1, 0.15) is 0 Å². The number of hydrogen-bond donors (Lipinski definition) is 0. The third kappa shape index (κ3) is 3.52. The largest absolute Gasteiger partial charge is 0.384 e. The van der Waals surface area contributed by atoms with E-state index >= 15 is 0 Å². The normalized spacial score (nSPS) is 7.33. The fourth-order valence-electron chi connectivity index (χ4n) is 0.153. The molecule has 1 heteroatoms. The SMILES string of the molecule is [C]#CCCOC. The molecular formula is C5H7O. The summed E-state index contributed by atoms with van der Waals surface area (Å²) in [6, 6.07) is 0. The maximum atomic E-state index is 6.38. The van der Waals surface area contributed by atoms with Gasteiger partial charge in [-0.15, -0.1) is 0 Å². The third-order valence-corrected chi connectivity index (χ3v) is 0.431. The fraction of sp³-hybridized carbons (Fsp3) is 0.600. The van der Waals surface area contributed by atoms with Crippen molar-refractivity contribution in [2.75, 3.05) is 13.7 Å². The molecule has 1 nitrogen and oxygen atoms in total. The fourth-order valence-corrected chi connectivity index (χ4v) is 0.153. The number of hydrogen-bond acceptors (Lipinski definition) is 1. The summed E-state index contributed by atoms with van der Waals surface area (Å²) in [5.41, 5.74) is 0. The van der Waals surface area contributed by atoms with Crippen molar-refractivity contribution in [3.8, 4) is 5.92 Å². The summed E-state index contributed by atoms with van der Waals surface area (Å²) in [4.78, 5) is 0. The van der Waals surface area contributed by atoms with Gasteiger partial charge in [0.15, 0.2) is 0 Å². The molecule has 33 valence electrons. The van der Waals surface area contributed by atoms with E-state index in [4.69, 9.17) is 6.42 Å². The molecule has 6 heavy (non-hydrogen) atoms. The monoisotopic (exact) mass is 83.0 g/mol. The molecule has 0 spiro atoms. The molecule has 0 bridgehead atoms. The molecule has 0 saturated carbocycles. The van der Waals surface area contributed by atoms with E-state index in [0.29, 0.717) is 13.0 Å². The highest BCUT2D eigenvalue weighted by Crippen LogP contribution is 1.71. The lowest BCUT2D eigenvalue weighted by atomic mass is 10.5. The van der Waals surface area contributed by atoms with Crippen molar-refractivity contribution in [2.24, 2.45) is 0 Å². The van der Waals surface area contributed by atoms with E-state index in [1.54, 1.807) is 7.11 Å². The summed E-state index contributed by atoms with van der Waals surface area (Å²) in [6.07, 6.45) is 6.98. The maximum Gasteiger partial charge on any atom is 0.0572 e. The average molecular weight is 83.1 g/mol. The van der Waals surface area contributed by atoms with Gasteiger partial charge < -0.3 is 4.74 Å². The van der Waals surface area contributed by atoms with Gasteiger partial charge in [-0.05, 0) is 6.42 Å². The van der Waals surface area contributed by atoms with Crippen molar-refractivity contribution in [1.29, 1.82) is 0 Å². The van der Waals surface area contributed by atoms with Crippen LogP contribution in [0.2, 0.25) is 0 Å². The van der Waals surface area contributed by atoms with Gasteiger partial charge in [-0.1, -0.05) is 5.92 Å². The Labute approximate surface area is 38.3 Å². The van der Waals surface area contributed by atoms with Gasteiger partial charge in [0.05, 0.1) is 6.61 Å². The van der Waals surface area contributed by atoms with Gasteiger partial charge in [0.25, 0.3) is 0 Å². The summed E-state index contributed by atoms with van der Waals surface area (Å²) in [5.74, 6) is 2.19. The van der Waals surface area contributed by atoms with E-state index in [-0.39, 0.29) is 0 Å². The van der Waals surface area contributed by atoms with Crippen LogP contribution in [0.25, 0.3) is 0 Å². The molecule has 1 radical (unpaired) electrons. The molecule has 0 aromatic heterocycles. The predicted molar refractivity (Wildman–Crippen MR) is 23.6 cm³/mol. The standard InChI is InChI=1S/C5H7O/c1-3-4-5-6-2/h4-5H2,2H3. The summed E-state index contributed by atoms with van der Waals surface area (Å²) >= 11 is 0. The molecule has 0 N–H and O–H groups in total. The Morgan fingerprint density at radius 2 is 2.50 bits per heavy atom. The van der Waals surface area contributed by atoms with E-state index in [0.717, 1.165) is 0 Å². The predicted octanol–water partition coefficient (Wildman–Crippen LogP) is 0.613. The second kappa shape index (κ2) is 4.52. The summed E-state index contributed by atoms with van der Waals surface area (Å²) in [7, 11) is 1.61. The van der Waals surface area contributed by atoms with Crippen molar-refractivity contribution >= 4 is 0 Å². The molecule has 0 heterocycles. The Kier molecular flexibility index (Phi) is 4.16. The smallest absolute Gasteiger partial charge is 0.0572 e. The Bertz CT molecular complexity index is 51.4. The number of ether oxygens (including phenoxy) is 1. The van der Waals surface area contributed by atoms with Gasteiger partial charge in [0.2, 0.25) is 0 Å².